The number of amides is 3. The molecule has 0 atom stereocenters. The molecule has 0 unspecified atom stereocenters. The van der Waals surface area contributed by atoms with Crippen molar-refractivity contribution in [3.8, 4) is 0 Å². The molecular weight excluding hydrogens is 381 g/mol. The van der Waals surface area contributed by atoms with E-state index >= 15 is 0 Å². The van der Waals surface area contributed by atoms with Gasteiger partial charge in [-0.2, -0.15) is 0 Å². The minimum absolute atomic E-state index is 0.0177. The molecule has 5 nitrogen and oxygen atoms in total. The Kier molecular flexibility index (Phi) is 5.19. The van der Waals surface area contributed by atoms with Crippen molar-refractivity contribution in [2.75, 3.05) is 6.54 Å². The van der Waals surface area contributed by atoms with Gasteiger partial charge in [-0.3, -0.25) is 4.79 Å². The Hall–Kier alpha value is -2.11. The summed E-state index contributed by atoms with van der Waals surface area (Å²) in [5.41, 5.74) is 0.526. The summed E-state index contributed by atoms with van der Waals surface area (Å²) in [5.74, 6) is 2.05. The number of nitrogens with zero attached hydrogens (tertiary/aromatic N) is 1. The molecule has 0 saturated heterocycles. The van der Waals surface area contributed by atoms with Crippen molar-refractivity contribution in [1.82, 2.24) is 15.5 Å². The first-order chi connectivity index (χ1) is 14.5. The molecule has 4 bridgehead atoms. The molecule has 30 heavy (non-hydrogen) atoms. The van der Waals surface area contributed by atoms with E-state index < -0.39 is 0 Å². The molecule has 5 aliphatic carbocycles. The highest BCUT2D eigenvalue weighted by Crippen LogP contribution is 2.55. The standard InChI is InChI=1S/C24H32FN3O2/c25-21-4-2-1-3-19(21)15-28(20-5-6-20)22(29)7-8-26-23(30)27-24-12-16-9-17(13-24)11-18(10-16)14-24/h1-4,16-18,20H,5-15H2,(H2,26,27,30). The van der Waals surface area contributed by atoms with Gasteiger partial charge in [0.15, 0.2) is 0 Å². The summed E-state index contributed by atoms with van der Waals surface area (Å²) < 4.78 is 14.0. The largest absolute Gasteiger partial charge is 0.338 e. The third-order valence-corrected chi connectivity index (χ3v) is 7.65. The highest BCUT2D eigenvalue weighted by molar-refractivity contribution is 5.79. The molecule has 0 spiro atoms. The van der Waals surface area contributed by atoms with Gasteiger partial charge in [0.05, 0.1) is 0 Å². The molecule has 5 saturated carbocycles. The van der Waals surface area contributed by atoms with Crippen LogP contribution in [-0.2, 0) is 11.3 Å². The van der Waals surface area contributed by atoms with Crippen LogP contribution < -0.4 is 10.6 Å². The summed E-state index contributed by atoms with van der Waals surface area (Å²) in [6.07, 6.45) is 9.57. The van der Waals surface area contributed by atoms with Crippen LogP contribution in [0.15, 0.2) is 24.3 Å². The molecule has 1 aromatic rings. The van der Waals surface area contributed by atoms with E-state index in [1.54, 1.807) is 23.1 Å². The smallest absolute Gasteiger partial charge is 0.315 e. The minimum atomic E-state index is -0.274. The van der Waals surface area contributed by atoms with Gasteiger partial charge in [-0.25, -0.2) is 9.18 Å². The highest BCUT2D eigenvalue weighted by Gasteiger charge is 2.51. The fourth-order valence-corrected chi connectivity index (χ4v) is 6.59. The van der Waals surface area contributed by atoms with Crippen LogP contribution in [0.2, 0.25) is 0 Å². The quantitative estimate of drug-likeness (QED) is 0.710. The maximum absolute atomic E-state index is 14.0. The number of halogens is 1. The van der Waals surface area contributed by atoms with Crippen LogP contribution in [0.1, 0.15) is 63.4 Å². The third-order valence-electron chi connectivity index (χ3n) is 7.65. The molecule has 0 aromatic heterocycles. The normalized spacial score (nSPS) is 31.4. The van der Waals surface area contributed by atoms with Crippen LogP contribution in [0, 0.1) is 23.6 Å². The fourth-order valence-electron chi connectivity index (χ4n) is 6.59. The molecule has 5 aliphatic rings. The lowest BCUT2D eigenvalue weighted by molar-refractivity contribution is -0.132. The molecule has 0 aliphatic heterocycles. The van der Waals surface area contributed by atoms with E-state index in [0.717, 1.165) is 49.9 Å². The van der Waals surface area contributed by atoms with E-state index in [9.17, 15) is 14.0 Å². The SMILES string of the molecule is O=C(NCCC(=O)N(Cc1ccccc1F)C1CC1)NC12CC3CC(CC(C3)C1)C2. The zero-order valence-electron chi connectivity index (χ0n) is 17.5. The predicted octanol–water partition coefficient (Wildman–Crippen LogP) is 3.97. The summed E-state index contributed by atoms with van der Waals surface area (Å²) in [7, 11) is 0. The lowest BCUT2D eigenvalue weighted by Crippen LogP contribution is -2.61. The van der Waals surface area contributed by atoms with Crippen molar-refractivity contribution >= 4 is 11.9 Å². The van der Waals surface area contributed by atoms with Gasteiger partial charge in [0, 0.05) is 36.7 Å². The van der Waals surface area contributed by atoms with Crippen molar-refractivity contribution < 1.29 is 14.0 Å². The van der Waals surface area contributed by atoms with Gasteiger partial charge in [0.2, 0.25) is 5.91 Å². The van der Waals surface area contributed by atoms with Gasteiger partial charge in [0.1, 0.15) is 5.82 Å². The van der Waals surface area contributed by atoms with E-state index in [1.807, 2.05) is 0 Å². The van der Waals surface area contributed by atoms with Crippen molar-refractivity contribution in [3.05, 3.63) is 35.6 Å². The second kappa shape index (κ2) is 7.86. The summed E-state index contributed by atoms with van der Waals surface area (Å²) >= 11 is 0. The second-order valence-electron chi connectivity index (χ2n) is 10.2. The summed E-state index contributed by atoms with van der Waals surface area (Å²) in [6, 6.07) is 6.68. The Labute approximate surface area is 177 Å². The average Bonchev–Trinajstić information content (AvgIpc) is 3.50. The van der Waals surface area contributed by atoms with E-state index in [-0.39, 0.29) is 35.8 Å². The maximum atomic E-state index is 14.0. The molecule has 2 N–H and O–H groups in total. The summed E-state index contributed by atoms with van der Waals surface area (Å²) in [5, 5.41) is 6.19. The molecule has 0 radical (unpaired) electrons. The number of nitrogens with one attached hydrogen (secondary N) is 2. The molecular formula is C24H32FN3O2. The van der Waals surface area contributed by atoms with Crippen LogP contribution in [0.4, 0.5) is 9.18 Å². The van der Waals surface area contributed by atoms with Gasteiger partial charge in [0.25, 0.3) is 0 Å². The molecule has 6 rings (SSSR count). The number of rotatable bonds is 7. The lowest BCUT2D eigenvalue weighted by atomic mass is 9.53. The second-order valence-corrected chi connectivity index (χ2v) is 10.2. The zero-order chi connectivity index (χ0) is 20.7. The van der Waals surface area contributed by atoms with E-state index in [4.69, 9.17) is 0 Å². The fraction of sp³-hybridized carbons (Fsp3) is 0.667. The van der Waals surface area contributed by atoms with Gasteiger partial charge in [-0.1, -0.05) is 18.2 Å². The molecule has 6 heteroatoms. The molecule has 1 aromatic carbocycles. The van der Waals surface area contributed by atoms with Gasteiger partial charge >= 0.3 is 6.03 Å². The number of carbonyl (C=O) groups is 2. The Morgan fingerprint density at radius 1 is 1.03 bits per heavy atom. The maximum Gasteiger partial charge on any atom is 0.315 e. The highest BCUT2D eigenvalue weighted by atomic mass is 19.1. The van der Waals surface area contributed by atoms with E-state index in [1.165, 1.54) is 25.3 Å². The topological polar surface area (TPSA) is 61.4 Å². The number of urea groups is 1. The number of benzene rings is 1. The van der Waals surface area contributed by atoms with E-state index in [0.29, 0.717) is 18.7 Å². The average molecular weight is 414 g/mol. The van der Waals surface area contributed by atoms with Crippen LogP contribution in [0.25, 0.3) is 0 Å². The Balaban J connectivity index is 1.11. The van der Waals surface area contributed by atoms with Crippen LogP contribution >= 0.6 is 0 Å². The molecule has 3 amide bonds. The first-order valence-electron chi connectivity index (χ1n) is 11.6. The van der Waals surface area contributed by atoms with Crippen molar-refractivity contribution in [3.63, 3.8) is 0 Å². The van der Waals surface area contributed by atoms with Crippen molar-refractivity contribution in [2.45, 2.75) is 75.9 Å². The van der Waals surface area contributed by atoms with Gasteiger partial charge < -0.3 is 15.5 Å². The van der Waals surface area contributed by atoms with Gasteiger partial charge in [-0.15, -0.1) is 0 Å². The predicted molar refractivity (Wildman–Crippen MR) is 112 cm³/mol. The van der Waals surface area contributed by atoms with Gasteiger partial charge in [-0.05, 0) is 75.2 Å². The van der Waals surface area contributed by atoms with Crippen LogP contribution in [0.3, 0.4) is 0 Å². The third kappa shape index (κ3) is 4.19. The minimum Gasteiger partial charge on any atom is -0.338 e. The van der Waals surface area contributed by atoms with Crippen LogP contribution in [0.5, 0.6) is 0 Å². The lowest BCUT2D eigenvalue weighted by Gasteiger charge is -2.56. The summed E-state index contributed by atoms with van der Waals surface area (Å²) in [4.78, 5) is 27.1. The number of carbonyl (C=O) groups excluding carboxylic acids is 2. The Morgan fingerprint density at radius 3 is 2.27 bits per heavy atom. The van der Waals surface area contributed by atoms with Crippen molar-refractivity contribution in [1.29, 1.82) is 0 Å². The number of hydrogen-bond donors (Lipinski definition) is 2. The van der Waals surface area contributed by atoms with Crippen LogP contribution in [-0.4, -0.2) is 35.0 Å². The molecule has 162 valence electrons. The zero-order valence-corrected chi connectivity index (χ0v) is 17.5. The molecule has 0 heterocycles. The monoisotopic (exact) mass is 413 g/mol. The number of hydrogen-bond acceptors (Lipinski definition) is 2. The Bertz CT molecular complexity index is 787. The van der Waals surface area contributed by atoms with Crippen molar-refractivity contribution in [2.24, 2.45) is 17.8 Å². The Morgan fingerprint density at radius 2 is 1.67 bits per heavy atom. The summed E-state index contributed by atoms with van der Waals surface area (Å²) in [6.45, 7) is 0.618. The van der Waals surface area contributed by atoms with E-state index in [2.05, 4.69) is 10.6 Å². The first-order valence-corrected chi connectivity index (χ1v) is 11.6. The molecule has 5 fully saturated rings. The first kappa shape index (κ1) is 19.8.